The van der Waals surface area contributed by atoms with Crippen LogP contribution in [0.4, 0.5) is 0 Å². The van der Waals surface area contributed by atoms with Crippen LogP contribution in [0.1, 0.15) is 227 Å². The molecule has 0 radical (unpaired) electrons. The Bertz CT molecular complexity index is 1430. The Balaban J connectivity index is 0.871. The first-order valence-corrected chi connectivity index (χ1v) is 26.5. The Morgan fingerprint density at radius 1 is 0.705 bits per heavy atom. The number of unbranched alkanes of at least 4 members (excludes halogenated alkanes) is 15. The third-order valence-electron chi connectivity index (χ3n) is 16.7. The highest BCUT2D eigenvalue weighted by molar-refractivity contribution is 5.87. The van der Waals surface area contributed by atoms with E-state index in [0.29, 0.717) is 23.5 Å². The van der Waals surface area contributed by atoms with Crippen LogP contribution in [0, 0.1) is 46.3 Å². The minimum Gasteiger partial charge on any atom is -0.494 e. The standard InChI is InChI=1S/C57H94O4/c1-7-8-9-10-11-12-13-14-15-16-17-18-19-21-41-59-49-31-27-47(28-32-49)29-36-55(58)61-43-23-20-22-42-60-50-37-39-56(5)48(44-50)30-33-51-53-35-34-52(46(4)26-24-25-45(2)3)57(53,6)40-38-54(51)56/h27-32,36,45-46,50-54H,7-26,33-35,37-44H2,1-6H3/b36-29+/t46-,50+,51+,52-,53+,54+,56+,57-/m1/s1. The molecule has 346 valence electrons. The molecule has 0 heterocycles. The molecule has 0 spiro atoms. The molecular weight excluding hydrogens is 749 g/mol. The van der Waals surface area contributed by atoms with E-state index in [1.807, 2.05) is 30.3 Å². The molecule has 4 heteroatoms. The Hall–Kier alpha value is -2.07. The highest BCUT2D eigenvalue weighted by atomic mass is 16.5. The van der Waals surface area contributed by atoms with Crippen molar-refractivity contribution in [2.45, 2.75) is 227 Å². The highest BCUT2D eigenvalue weighted by Crippen LogP contribution is 2.67. The van der Waals surface area contributed by atoms with Crippen molar-refractivity contribution < 1.29 is 19.0 Å². The Labute approximate surface area is 376 Å². The van der Waals surface area contributed by atoms with E-state index in [4.69, 9.17) is 14.2 Å². The van der Waals surface area contributed by atoms with Gasteiger partial charge in [-0.05, 0) is 147 Å². The van der Waals surface area contributed by atoms with Crippen molar-refractivity contribution in [1.29, 1.82) is 0 Å². The van der Waals surface area contributed by atoms with Gasteiger partial charge in [0.2, 0.25) is 0 Å². The molecule has 3 saturated carbocycles. The average Bonchev–Trinajstić information content (AvgIpc) is 3.61. The summed E-state index contributed by atoms with van der Waals surface area (Å²) in [5.74, 6) is 5.95. The van der Waals surface area contributed by atoms with Crippen LogP contribution >= 0.6 is 0 Å². The summed E-state index contributed by atoms with van der Waals surface area (Å²) in [6.07, 6.45) is 43.5. The minimum atomic E-state index is -0.273. The maximum absolute atomic E-state index is 12.4. The van der Waals surface area contributed by atoms with E-state index in [1.54, 1.807) is 11.6 Å². The number of allylic oxidation sites excluding steroid dienone is 1. The molecule has 1 aromatic carbocycles. The van der Waals surface area contributed by atoms with Crippen molar-refractivity contribution in [3.63, 3.8) is 0 Å². The number of hydrogen-bond donors (Lipinski definition) is 0. The molecule has 4 aliphatic carbocycles. The van der Waals surface area contributed by atoms with E-state index < -0.39 is 0 Å². The van der Waals surface area contributed by atoms with Gasteiger partial charge in [-0.2, -0.15) is 0 Å². The van der Waals surface area contributed by atoms with Crippen LogP contribution in [-0.2, 0) is 14.3 Å². The zero-order valence-electron chi connectivity index (χ0n) is 40.6. The van der Waals surface area contributed by atoms with Crippen molar-refractivity contribution in [1.82, 2.24) is 0 Å². The first kappa shape index (κ1) is 49.9. The van der Waals surface area contributed by atoms with Crippen LogP contribution in [0.2, 0.25) is 0 Å². The molecule has 0 aromatic heterocycles. The predicted molar refractivity (Wildman–Crippen MR) is 259 cm³/mol. The third kappa shape index (κ3) is 15.6. The second-order valence-electron chi connectivity index (χ2n) is 21.6. The van der Waals surface area contributed by atoms with Gasteiger partial charge in [-0.15, -0.1) is 0 Å². The van der Waals surface area contributed by atoms with Crippen LogP contribution in [0.25, 0.3) is 6.08 Å². The molecule has 4 aliphatic rings. The van der Waals surface area contributed by atoms with E-state index in [-0.39, 0.29) is 5.97 Å². The molecule has 0 bridgehead atoms. The number of esters is 1. The summed E-state index contributed by atoms with van der Waals surface area (Å²) in [7, 11) is 0. The average molecular weight is 843 g/mol. The quantitative estimate of drug-likeness (QED) is 0.0335. The van der Waals surface area contributed by atoms with E-state index in [1.165, 1.54) is 148 Å². The molecule has 5 rings (SSSR count). The lowest BCUT2D eigenvalue weighted by molar-refractivity contribution is -0.137. The molecule has 4 nitrogen and oxygen atoms in total. The summed E-state index contributed by atoms with van der Waals surface area (Å²) in [4.78, 5) is 12.4. The molecule has 0 amide bonds. The number of fused-ring (bicyclic) bond motifs is 5. The predicted octanol–water partition coefficient (Wildman–Crippen LogP) is 16.7. The fraction of sp³-hybridized carbons (Fsp3) is 0.807. The molecule has 61 heavy (non-hydrogen) atoms. The van der Waals surface area contributed by atoms with Gasteiger partial charge in [-0.25, -0.2) is 4.79 Å². The van der Waals surface area contributed by atoms with Gasteiger partial charge in [0.1, 0.15) is 5.75 Å². The summed E-state index contributed by atoms with van der Waals surface area (Å²) in [5, 5.41) is 0. The smallest absolute Gasteiger partial charge is 0.330 e. The summed E-state index contributed by atoms with van der Waals surface area (Å²) < 4.78 is 18.0. The maximum atomic E-state index is 12.4. The second-order valence-corrected chi connectivity index (χ2v) is 21.6. The van der Waals surface area contributed by atoms with Gasteiger partial charge in [0.05, 0.1) is 19.3 Å². The summed E-state index contributed by atoms with van der Waals surface area (Å²) >= 11 is 0. The van der Waals surface area contributed by atoms with Gasteiger partial charge < -0.3 is 14.2 Å². The van der Waals surface area contributed by atoms with E-state index in [9.17, 15) is 4.79 Å². The monoisotopic (exact) mass is 843 g/mol. The van der Waals surface area contributed by atoms with Gasteiger partial charge in [0.15, 0.2) is 0 Å². The topological polar surface area (TPSA) is 44.8 Å². The molecule has 1 aromatic rings. The zero-order valence-corrected chi connectivity index (χ0v) is 40.6. The van der Waals surface area contributed by atoms with Crippen molar-refractivity contribution in [3.05, 3.63) is 47.6 Å². The summed E-state index contributed by atoms with van der Waals surface area (Å²) in [6.45, 7) is 17.0. The number of carbonyl (C=O) groups is 1. The van der Waals surface area contributed by atoms with Gasteiger partial charge in [0, 0.05) is 12.7 Å². The molecule has 0 saturated heterocycles. The molecule has 3 fully saturated rings. The largest absolute Gasteiger partial charge is 0.494 e. The first-order chi connectivity index (χ1) is 29.6. The summed E-state index contributed by atoms with van der Waals surface area (Å²) in [5.41, 5.74) is 3.65. The van der Waals surface area contributed by atoms with Gasteiger partial charge in [-0.1, -0.05) is 168 Å². The number of carbonyl (C=O) groups excluding carboxylic acids is 1. The van der Waals surface area contributed by atoms with Crippen molar-refractivity contribution in [2.75, 3.05) is 19.8 Å². The first-order valence-electron chi connectivity index (χ1n) is 26.5. The van der Waals surface area contributed by atoms with Crippen LogP contribution in [0.5, 0.6) is 5.75 Å². The minimum absolute atomic E-state index is 0.273. The third-order valence-corrected chi connectivity index (χ3v) is 16.7. The van der Waals surface area contributed by atoms with Gasteiger partial charge in [0.25, 0.3) is 0 Å². The molecule has 0 unspecified atom stereocenters. The molecule has 8 atom stereocenters. The Kier molecular flexibility index (Phi) is 21.8. The van der Waals surface area contributed by atoms with Crippen molar-refractivity contribution >= 4 is 12.0 Å². The number of benzene rings is 1. The molecule has 0 N–H and O–H groups in total. The number of rotatable bonds is 30. The van der Waals surface area contributed by atoms with Gasteiger partial charge in [-0.3, -0.25) is 0 Å². The van der Waals surface area contributed by atoms with Crippen LogP contribution < -0.4 is 4.74 Å². The van der Waals surface area contributed by atoms with Gasteiger partial charge >= 0.3 is 5.97 Å². The Morgan fingerprint density at radius 2 is 1.34 bits per heavy atom. The zero-order chi connectivity index (χ0) is 43.3. The van der Waals surface area contributed by atoms with Crippen LogP contribution in [0.15, 0.2) is 42.0 Å². The lowest BCUT2D eigenvalue weighted by Gasteiger charge is -2.58. The highest BCUT2D eigenvalue weighted by Gasteiger charge is 2.59. The lowest BCUT2D eigenvalue weighted by atomic mass is 9.47. The fourth-order valence-electron chi connectivity index (χ4n) is 13.0. The van der Waals surface area contributed by atoms with E-state index in [2.05, 4.69) is 47.6 Å². The maximum Gasteiger partial charge on any atom is 0.330 e. The van der Waals surface area contributed by atoms with Crippen molar-refractivity contribution in [2.24, 2.45) is 46.3 Å². The van der Waals surface area contributed by atoms with Crippen LogP contribution in [0.3, 0.4) is 0 Å². The van der Waals surface area contributed by atoms with E-state index >= 15 is 0 Å². The Morgan fingerprint density at radius 3 is 2.03 bits per heavy atom. The number of ether oxygens (including phenoxy) is 3. The normalized spacial score (nSPS) is 27.7. The van der Waals surface area contributed by atoms with Crippen molar-refractivity contribution in [3.8, 4) is 5.75 Å². The van der Waals surface area contributed by atoms with Crippen LogP contribution in [-0.4, -0.2) is 31.9 Å². The van der Waals surface area contributed by atoms with E-state index in [0.717, 1.165) is 92.1 Å². The molecular formula is C57H94O4. The SMILES string of the molecule is CCCCCCCCCCCCCCCCOc1ccc(/C=C/C(=O)OCCCCCO[C@H]2CC[C@@]3(C)C(=CC[C@H]4[C@@H]5CC[C@H]([C@H](C)CCCC(C)C)[C@@]5(C)CC[C@@H]43)C2)cc1. The second kappa shape index (κ2) is 26.7. The summed E-state index contributed by atoms with van der Waals surface area (Å²) in [6, 6.07) is 8.00. The molecule has 0 aliphatic heterocycles. The fourth-order valence-corrected chi connectivity index (χ4v) is 13.0. The lowest BCUT2D eigenvalue weighted by Crippen LogP contribution is -2.51. The number of hydrogen-bond acceptors (Lipinski definition) is 4.